The fourth-order valence-corrected chi connectivity index (χ4v) is 2.87. The predicted octanol–water partition coefficient (Wildman–Crippen LogP) is 3.43. The van der Waals surface area contributed by atoms with E-state index in [9.17, 15) is 9.18 Å². The largest absolute Gasteiger partial charge is 0.444 e. The van der Waals surface area contributed by atoms with E-state index >= 15 is 0 Å². The minimum atomic E-state index is -0.470. The second-order valence-corrected chi connectivity index (χ2v) is 7.38. The van der Waals surface area contributed by atoms with Gasteiger partial charge in [0.2, 0.25) is 0 Å². The Balaban J connectivity index is 1.57. The van der Waals surface area contributed by atoms with Gasteiger partial charge < -0.3 is 9.64 Å². The lowest BCUT2D eigenvalue weighted by atomic mass is 10.2. The molecule has 0 spiro atoms. The van der Waals surface area contributed by atoms with Crippen LogP contribution in [0.15, 0.2) is 30.3 Å². The summed E-state index contributed by atoms with van der Waals surface area (Å²) in [6, 6.07) is 8.46. The van der Waals surface area contributed by atoms with Crippen LogP contribution in [0, 0.1) is 5.82 Å². The second kappa shape index (κ2) is 6.96. The van der Waals surface area contributed by atoms with Crippen LogP contribution < -0.4 is 0 Å². The highest BCUT2D eigenvalue weighted by atomic mass is 19.1. The van der Waals surface area contributed by atoms with Gasteiger partial charge in [0, 0.05) is 38.1 Å². The van der Waals surface area contributed by atoms with Crippen molar-refractivity contribution in [2.45, 2.75) is 32.9 Å². The molecule has 1 aromatic heterocycles. The molecule has 0 saturated carbocycles. The first kappa shape index (κ1) is 17.6. The minimum Gasteiger partial charge on any atom is -0.444 e. The number of carbonyl (C=O) groups excluding carboxylic acids is 1. The number of rotatable bonds is 2. The standard InChI is InChI=1S/C19H24FN3O2/c1-19(2,3)25-18(24)23-10-8-22(9-11-23)13-16-6-4-14-12-15(20)5-7-17(14)21-16/h4-7,12H,8-11,13H2,1-3H3. The fourth-order valence-electron chi connectivity index (χ4n) is 2.87. The molecule has 0 bridgehead atoms. The third-order valence-corrected chi connectivity index (χ3v) is 4.12. The van der Waals surface area contributed by atoms with E-state index in [1.54, 1.807) is 11.0 Å². The van der Waals surface area contributed by atoms with Crippen molar-refractivity contribution in [1.29, 1.82) is 0 Å². The number of halogens is 1. The van der Waals surface area contributed by atoms with Gasteiger partial charge in [0.25, 0.3) is 0 Å². The van der Waals surface area contributed by atoms with Crippen molar-refractivity contribution in [3.63, 3.8) is 0 Å². The highest BCUT2D eigenvalue weighted by molar-refractivity contribution is 5.78. The van der Waals surface area contributed by atoms with Gasteiger partial charge >= 0.3 is 6.09 Å². The molecule has 2 aromatic rings. The van der Waals surface area contributed by atoms with Crippen LogP contribution in [-0.4, -0.2) is 52.7 Å². The van der Waals surface area contributed by atoms with Crippen LogP contribution in [0.5, 0.6) is 0 Å². The molecule has 134 valence electrons. The second-order valence-electron chi connectivity index (χ2n) is 7.38. The molecule has 0 unspecified atom stereocenters. The minimum absolute atomic E-state index is 0.250. The number of benzene rings is 1. The molecule has 1 aliphatic rings. The van der Waals surface area contributed by atoms with E-state index in [4.69, 9.17) is 4.74 Å². The van der Waals surface area contributed by atoms with Crippen molar-refractivity contribution in [3.8, 4) is 0 Å². The number of pyridine rings is 1. The Morgan fingerprint density at radius 3 is 2.56 bits per heavy atom. The summed E-state index contributed by atoms with van der Waals surface area (Å²) in [5, 5.41) is 0.804. The molecule has 1 aromatic carbocycles. The lowest BCUT2D eigenvalue weighted by Gasteiger charge is -2.35. The molecule has 1 fully saturated rings. The zero-order valence-electron chi connectivity index (χ0n) is 15.0. The summed E-state index contributed by atoms with van der Waals surface area (Å²) in [5.74, 6) is -0.250. The van der Waals surface area contributed by atoms with Crippen LogP contribution in [0.25, 0.3) is 10.9 Å². The SMILES string of the molecule is CC(C)(C)OC(=O)N1CCN(Cc2ccc3cc(F)ccc3n2)CC1. The molecule has 2 heterocycles. The Bertz CT molecular complexity index is 765. The third-order valence-electron chi connectivity index (χ3n) is 4.12. The van der Waals surface area contributed by atoms with Gasteiger partial charge in [-0.2, -0.15) is 0 Å². The van der Waals surface area contributed by atoms with Gasteiger partial charge in [-0.3, -0.25) is 9.88 Å². The van der Waals surface area contributed by atoms with E-state index in [-0.39, 0.29) is 11.9 Å². The van der Waals surface area contributed by atoms with E-state index in [0.717, 1.165) is 36.2 Å². The number of hydrogen-bond acceptors (Lipinski definition) is 4. The number of nitrogens with zero attached hydrogens (tertiary/aromatic N) is 3. The van der Waals surface area contributed by atoms with Gasteiger partial charge in [0.15, 0.2) is 0 Å². The average Bonchev–Trinajstić information content (AvgIpc) is 2.54. The first-order valence-corrected chi connectivity index (χ1v) is 8.56. The van der Waals surface area contributed by atoms with Gasteiger partial charge in [0.05, 0.1) is 11.2 Å². The molecule has 0 atom stereocenters. The normalized spacial score (nSPS) is 16.2. The monoisotopic (exact) mass is 345 g/mol. The summed E-state index contributed by atoms with van der Waals surface area (Å²) in [7, 11) is 0. The molecule has 25 heavy (non-hydrogen) atoms. The van der Waals surface area contributed by atoms with E-state index < -0.39 is 5.60 Å². The van der Waals surface area contributed by atoms with Crippen molar-refractivity contribution >= 4 is 17.0 Å². The highest BCUT2D eigenvalue weighted by Gasteiger charge is 2.25. The van der Waals surface area contributed by atoms with Crippen LogP contribution in [0.3, 0.4) is 0 Å². The molecule has 1 amide bonds. The quantitative estimate of drug-likeness (QED) is 0.837. The van der Waals surface area contributed by atoms with E-state index in [2.05, 4.69) is 9.88 Å². The van der Waals surface area contributed by atoms with E-state index in [0.29, 0.717) is 13.1 Å². The molecule has 3 rings (SSSR count). The molecule has 0 radical (unpaired) electrons. The maximum Gasteiger partial charge on any atom is 0.410 e. The Labute approximate surface area is 147 Å². The number of carbonyl (C=O) groups is 1. The third kappa shape index (κ3) is 4.66. The first-order chi connectivity index (χ1) is 11.8. The molecule has 5 nitrogen and oxygen atoms in total. The van der Waals surface area contributed by atoms with Crippen molar-refractivity contribution in [2.24, 2.45) is 0 Å². The average molecular weight is 345 g/mol. The molecule has 6 heteroatoms. The molecule has 0 N–H and O–H groups in total. The Kier molecular flexibility index (Phi) is 4.90. The van der Waals surface area contributed by atoms with Crippen molar-refractivity contribution in [1.82, 2.24) is 14.8 Å². The zero-order chi connectivity index (χ0) is 18.0. The van der Waals surface area contributed by atoms with Crippen molar-refractivity contribution in [2.75, 3.05) is 26.2 Å². The van der Waals surface area contributed by atoms with Crippen LogP contribution in [0.4, 0.5) is 9.18 Å². The summed E-state index contributed by atoms with van der Waals surface area (Å²) >= 11 is 0. The Morgan fingerprint density at radius 1 is 1.16 bits per heavy atom. The first-order valence-electron chi connectivity index (χ1n) is 8.56. The number of aromatic nitrogens is 1. The molecular formula is C19H24FN3O2. The van der Waals surface area contributed by atoms with Gasteiger partial charge in [-0.25, -0.2) is 9.18 Å². The van der Waals surface area contributed by atoms with Crippen LogP contribution in [-0.2, 0) is 11.3 Å². The smallest absolute Gasteiger partial charge is 0.410 e. The summed E-state index contributed by atoms with van der Waals surface area (Å²) in [6.07, 6.45) is -0.252. The van der Waals surface area contributed by atoms with Crippen LogP contribution >= 0.6 is 0 Å². The maximum atomic E-state index is 13.2. The molecule has 0 aliphatic carbocycles. The van der Waals surface area contributed by atoms with Gasteiger partial charge in [0.1, 0.15) is 11.4 Å². The molecule has 1 saturated heterocycles. The van der Waals surface area contributed by atoms with E-state index in [1.807, 2.05) is 32.9 Å². The van der Waals surface area contributed by atoms with Gasteiger partial charge in [-0.15, -0.1) is 0 Å². The lowest BCUT2D eigenvalue weighted by molar-refractivity contribution is 0.0138. The van der Waals surface area contributed by atoms with Crippen LogP contribution in [0.1, 0.15) is 26.5 Å². The Morgan fingerprint density at radius 2 is 1.88 bits per heavy atom. The molecule has 1 aliphatic heterocycles. The number of hydrogen-bond donors (Lipinski definition) is 0. The van der Waals surface area contributed by atoms with Crippen molar-refractivity contribution < 1.29 is 13.9 Å². The van der Waals surface area contributed by atoms with Crippen LogP contribution in [0.2, 0.25) is 0 Å². The van der Waals surface area contributed by atoms with Gasteiger partial charge in [-0.05, 0) is 45.0 Å². The van der Waals surface area contributed by atoms with Gasteiger partial charge in [-0.1, -0.05) is 6.07 Å². The summed E-state index contributed by atoms with van der Waals surface area (Å²) in [5.41, 5.74) is 1.28. The zero-order valence-corrected chi connectivity index (χ0v) is 15.0. The predicted molar refractivity (Wildman–Crippen MR) is 94.8 cm³/mol. The highest BCUT2D eigenvalue weighted by Crippen LogP contribution is 2.16. The van der Waals surface area contributed by atoms with E-state index in [1.165, 1.54) is 12.1 Å². The lowest BCUT2D eigenvalue weighted by Crippen LogP contribution is -2.49. The summed E-state index contributed by atoms with van der Waals surface area (Å²) < 4.78 is 18.7. The number of fused-ring (bicyclic) bond motifs is 1. The number of piperazine rings is 1. The molecular weight excluding hydrogens is 321 g/mol. The summed E-state index contributed by atoms with van der Waals surface area (Å²) in [6.45, 7) is 9.19. The number of amides is 1. The Hall–Kier alpha value is -2.21. The summed E-state index contributed by atoms with van der Waals surface area (Å²) in [4.78, 5) is 20.7. The maximum absolute atomic E-state index is 13.2. The fraction of sp³-hybridized carbons (Fsp3) is 0.474. The topological polar surface area (TPSA) is 45.7 Å². The number of ether oxygens (including phenoxy) is 1. The van der Waals surface area contributed by atoms with Crippen molar-refractivity contribution in [3.05, 3.63) is 41.8 Å².